The summed E-state index contributed by atoms with van der Waals surface area (Å²) in [5.41, 5.74) is 1.64. The first-order valence-corrected chi connectivity index (χ1v) is 9.05. The molecule has 2 aliphatic rings. The van der Waals surface area contributed by atoms with Gasteiger partial charge in [-0.2, -0.15) is 0 Å². The maximum atomic E-state index is 6.01. The molecule has 0 spiro atoms. The lowest BCUT2D eigenvalue weighted by atomic mass is 9.94. The maximum Gasteiger partial charge on any atom is 0.242 e. The second kappa shape index (κ2) is 3.57. The lowest BCUT2D eigenvalue weighted by Gasteiger charge is -2.24. The minimum atomic E-state index is -1.40. The third-order valence-corrected chi connectivity index (χ3v) is 3.75. The second-order valence-electron chi connectivity index (χ2n) is 5.37. The van der Waals surface area contributed by atoms with Gasteiger partial charge in [-0.3, -0.25) is 0 Å². The van der Waals surface area contributed by atoms with Crippen molar-refractivity contribution in [3.05, 3.63) is 23.5 Å². The molecule has 0 heterocycles. The van der Waals surface area contributed by atoms with Gasteiger partial charge >= 0.3 is 0 Å². The Morgan fingerprint density at radius 3 is 2.86 bits per heavy atom. The van der Waals surface area contributed by atoms with Gasteiger partial charge in [0.15, 0.2) is 0 Å². The molecule has 14 heavy (non-hydrogen) atoms. The summed E-state index contributed by atoms with van der Waals surface area (Å²) >= 11 is 0. The molecule has 0 aliphatic heterocycles. The summed E-state index contributed by atoms with van der Waals surface area (Å²) < 4.78 is 6.01. The van der Waals surface area contributed by atoms with Crippen molar-refractivity contribution in [2.75, 3.05) is 0 Å². The summed E-state index contributed by atoms with van der Waals surface area (Å²) in [5, 5.41) is 0. The van der Waals surface area contributed by atoms with Crippen molar-refractivity contribution in [1.82, 2.24) is 0 Å². The van der Waals surface area contributed by atoms with Gasteiger partial charge in [0.25, 0.3) is 0 Å². The van der Waals surface area contributed by atoms with Crippen LogP contribution in [-0.2, 0) is 4.43 Å². The number of allylic oxidation sites excluding steroid dienone is 3. The Bertz CT molecular complexity index is 283. The quantitative estimate of drug-likeness (QED) is 0.626. The molecule has 1 unspecified atom stereocenters. The zero-order chi connectivity index (χ0) is 10.2. The highest BCUT2D eigenvalue weighted by Gasteiger charge is 2.25. The first kappa shape index (κ1) is 10.0. The zero-order valence-corrected chi connectivity index (χ0v) is 10.5. The molecular formula is C12H20OSi. The van der Waals surface area contributed by atoms with Gasteiger partial charge in [-0.15, -0.1) is 0 Å². The third kappa shape index (κ3) is 2.29. The zero-order valence-electron chi connectivity index (χ0n) is 9.47. The summed E-state index contributed by atoms with van der Waals surface area (Å²) in [4.78, 5) is 0. The molecule has 0 aromatic carbocycles. The Labute approximate surface area is 88.0 Å². The lowest BCUT2D eigenvalue weighted by molar-refractivity contribution is 0.428. The standard InChI is InChI=1S/C12H20OSi/c1-14(2,3)13-12-8-7-10-5-4-6-11(10)9-12/h8-10H,4-7H2,1-3H3. The van der Waals surface area contributed by atoms with Crippen molar-refractivity contribution in [1.29, 1.82) is 0 Å². The second-order valence-corrected chi connectivity index (χ2v) is 9.79. The van der Waals surface area contributed by atoms with Crippen LogP contribution in [0.2, 0.25) is 19.6 Å². The van der Waals surface area contributed by atoms with E-state index >= 15 is 0 Å². The smallest absolute Gasteiger partial charge is 0.242 e. The third-order valence-electron chi connectivity index (χ3n) is 2.90. The van der Waals surface area contributed by atoms with Gasteiger partial charge in [-0.25, -0.2) is 0 Å². The highest BCUT2D eigenvalue weighted by atomic mass is 28.4. The normalized spacial score (nSPS) is 26.6. The van der Waals surface area contributed by atoms with Crippen LogP contribution < -0.4 is 0 Å². The topological polar surface area (TPSA) is 9.23 Å². The summed E-state index contributed by atoms with van der Waals surface area (Å²) in [6.45, 7) is 6.73. The Kier molecular flexibility index (Phi) is 2.56. The van der Waals surface area contributed by atoms with Crippen LogP contribution in [0.15, 0.2) is 23.5 Å². The molecule has 1 fully saturated rings. The van der Waals surface area contributed by atoms with E-state index in [9.17, 15) is 0 Å². The first-order chi connectivity index (χ1) is 6.54. The maximum absolute atomic E-state index is 6.01. The summed E-state index contributed by atoms with van der Waals surface area (Å²) in [5.74, 6) is 2.00. The Balaban J connectivity index is 2.05. The summed E-state index contributed by atoms with van der Waals surface area (Å²) in [6, 6.07) is 0. The van der Waals surface area contributed by atoms with E-state index in [0.29, 0.717) is 0 Å². The molecule has 1 saturated carbocycles. The number of rotatable bonds is 2. The summed E-state index contributed by atoms with van der Waals surface area (Å²) in [7, 11) is -1.40. The molecule has 78 valence electrons. The van der Waals surface area contributed by atoms with E-state index in [1.54, 1.807) is 5.57 Å². The Hall–Kier alpha value is -0.503. The average Bonchev–Trinajstić information content (AvgIpc) is 2.47. The van der Waals surface area contributed by atoms with Gasteiger partial charge in [0, 0.05) is 0 Å². The fourth-order valence-electron chi connectivity index (χ4n) is 2.33. The van der Waals surface area contributed by atoms with E-state index in [-0.39, 0.29) is 0 Å². The average molecular weight is 208 g/mol. The molecule has 0 radical (unpaired) electrons. The van der Waals surface area contributed by atoms with E-state index in [2.05, 4.69) is 31.8 Å². The fraction of sp³-hybridized carbons (Fsp3) is 0.667. The predicted molar refractivity (Wildman–Crippen MR) is 62.6 cm³/mol. The van der Waals surface area contributed by atoms with Gasteiger partial charge in [0.1, 0.15) is 0 Å². The van der Waals surface area contributed by atoms with E-state index in [1.807, 2.05) is 0 Å². The van der Waals surface area contributed by atoms with Crippen LogP contribution in [0.5, 0.6) is 0 Å². The lowest BCUT2D eigenvalue weighted by Crippen LogP contribution is -2.25. The van der Waals surface area contributed by atoms with Gasteiger partial charge < -0.3 is 4.43 Å². The van der Waals surface area contributed by atoms with Gasteiger partial charge in [0.05, 0.1) is 5.76 Å². The molecule has 0 amide bonds. The highest BCUT2D eigenvalue weighted by Crippen LogP contribution is 2.38. The molecule has 1 atom stereocenters. The van der Waals surface area contributed by atoms with Crippen LogP contribution in [0.3, 0.4) is 0 Å². The fourth-order valence-corrected chi connectivity index (χ4v) is 3.18. The molecule has 2 heteroatoms. The first-order valence-electron chi connectivity index (χ1n) is 5.64. The molecule has 2 aliphatic carbocycles. The van der Waals surface area contributed by atoms with Crippen molar-refractivity contribution in [2.45, 2.75) is 45.3 Å². The minimum Gasteiger partial charge on any atom is -0.545 e. The number of fused-ring (bicyclic) bond motifs is 1. The molecule has 0 saturated heterocycles. The van der Waals surface area contributed by atoms with Crippen molar-refractivity contribution >= 4 is 8.32 Å². The van der Waals surface area contributed by atoms with Crippen molar-refractivity contribution in [2.24, 2.45) is 5.92 Å². The molecule has 0 bridgehead atoms. The number of hydrogen-bond donors (Lipinski definition) is 0. The van der Waals surface area contributed by atoms with E-state index in [4.69, 9.17) is 4.43 Å². The van der Waals surface area contributed by atoms with Gasteiger partial charge in [-0.05, 0) is 63.4 Å². The molecule has 0 aromatic rings. The van der Waals surface area contributed by atoms with Crippen LogP contribution in [0.4, 0.5) is 0 Å². The molecule has 2 rings (SSSR count). The highest BCUT2D eigenvalue weighted by molar-refractivity contribution is 6.70. The van der Waals surface area contributed by atoms with Crippen LogP contribution in [0, 0.1) is 5.92 Å². The van der Waals surface area contributed by atoms with E-state index in [0.717, 1.165) is 11.7 Å². The number of hydrogen-bond acceptors (Lipinski definition) is 1. The van der Waals surface area contributed by atoms with Crippen molar-refractivity contribution in [3.8, 4) is 0 Å². The van der Waals surface area contributed by atoms with Crippen LogP contribution >= 0.6 is 0 Å². The minimum absolute atomic E-state index is 0.851. The van der Waals surface area contributed by atoms with E-state index < -0.39 is 8.32 Å². The predicted octanol–water partition coefficient (Wildman–Crippen LogP) is 3.85. The van der Waals surface area contributed by atoms with Gasteiger partial charge in [-0.1, -0.05) is 5.57 Å². The van der Waals surface area contributed by atoms with Crippen LogP contribution in [0.25, 0.3) is 0 Å². The van der Waals surface area contributed by atoms with E-state index in [1.165, 1.54) is 25.7 Å². The van der Waals surface area contributed by atoms with Crippen molar-refractivity contribution < 1.29 is 4.43 Å². The summed E-state index contributed by atoms with van der Waals surface area (Å²) in [6.07, 6.45) is 9.88. The monoisotopic (exact) mass is 208 g/mol. The Morgan fingerprint density at radius 1 is 1.36 bits per heavy atom. The van der Waals surface area contributed by atoms with Crippen LogP contribution in [0.1, 0.15) is 25.7 Å². The largest absolute Gasteiger partial charge is 0.545 e. The van der Waals surface area contributed by atoms with Gasteiger partial charge in [0.2, 0.25) is 8.32 Å². The van der Waals surface area contributed by atoms with Crippen molar-refractivity contribution in [3.63, 3.8) is 0 Å². The van der Waals surface area contributed by atoms with Crippen LogP contribution in [-0.4, -0.2) is 8.32 Å². The molecular weight excluding hydrogens is 188 g/mol. The SMILES string of the molecule is C[Si](C)(C)OC1=CCC2CCCC2=C1. The molecule has 0 N–H and O–H groups in total. The Morgan fingerprint density at radius 2 is 2.14 bits per heavy atom. The molecule has 0 aromatic heterocycles. The molecule has 1 nitrogen and oxygen atoms in total.